The molecule has 14 heavy (non-hydrogen) atoms. The first-order valence-corrected chi connectivity index (χ1v) is 4.80. The van der Waals surface area contributed by atoms with Gasteiger partial charge in [0.2, 0.25) is 0 Å². The second-order valence-electron chi connectivity index (χ2n) is 3.11. The van der Waals surface area contributed by atoms with Crippen LogP contribution in [-0.2, 0) is 0 Å². The number of aromatic nitrogens is 1. The average molecular weight is 202 g/mol. The summed E-state index contributed by atoms with van der Waals surface area (Å²) in [5.41, 5.74) is 8.16. The summed E-state index contributed by atoms with van der Waals surface area (Å²) in [4.78, 5) is 5.17. The molecule has 0 unspecified atom stereocenters. The molecule has 2 rings (SSSR count). The first-order chi connectivity index (χ1) is 6.77. The van der Waals surface area contributed by atoms with Gasteiger partial charge in [0.25, 0.3) is 0 Å². The molecule has 1 heterocycles. The second-order valence-corrected chi connectivity index (χ2v) is 3.61. The summed E-state index contributed by atoms with van der Waals surface area (Å²) in [6.07, 6.45) is 8.51. The van der Waals surface area contributed by atoms with Crippen LogP contribution in [0.4, 0.5) is 5.69 Å². The van der Waals surface area contributed by atoms with Gasteiger partial charge in [0.1, 0.15) is 0 Å². The number of nitrogens with two attached hydrogens (primary N) is 1. The maximum absolute atomic E-state index is 5.56. The van der Waals surface area contributed by atoms with Gasteiger partial charge in [-0.15, -0.1) is 0 Å². The molecular formula is C11H10N2S. The number of anilines is 1. The van der Waals surface area contributed by atoms with Crippen molar-refractivity contribution in [2.24, 2.45) is 0 Å². The highest BCUT2D eigenvalue weighted by Gasteiger charge is 2.09. The summed E-state index contributed by atoms with van der Waals surface area (Å²) < 4.78 is 0. The summed E-state index contributed by atoms with van der Waals surface area (Å²) in [6.45, 7) is 0. The van der Waals surface area contributed by atoms with E-state index in [0.29, 0.717) is 5.69 Å². The van der Waals surface area contributed by atoms with Gasteiger partial charge in [0.05, 0.1) is 17.6 Å². The van der Waals surface area contributed by atoms with E-state index in [9.17, 15) is 0 Å². The van der Waals surface area contributed by atoms with Crippen LogP contribution in [-0.4, -0.2) is 9.85 Å². The molecule has 0 atom stereocenters. The monoisotopic (exact) mass is 202 g/mol. The van der Waals surface area contributed by atoms with Gasteiger partial charge in [-0.05, 0) is 12.1 Å². The van der Waals surface area contributed by atoms with E-state index in [1.54, 1.807) is 6.20 Å². The van der Waals surface area contributed by atoms with Crippen molar-refractivity contribution in [2.75, 3.05) is 5.73 Å². The third-order valence-electron chi connectivity index (χ3n) is 2.06. The van der Waals surface area contributed by atoms with E-state index < -0.39 is 0 Å². The van der Waals surface area contributed by atoms with E-state index in [2.05, 4.69) is 4.98 Å². The molecule has 70 valence electrons. The van der Waals surface area contributed by atoms with Crippen LogP contribution in [0.2, 0.25) is 0 Å². The summed E-state index contributed by atoms with van der Waals surface area (Å²) in [6, 6.07) is 3.73. The molecule has 3 heteroatoms. The summed E-state index contributed by atoms with van der Waals surface area (Å²) in [7, 11) is 0. The molecule has 0 saturated heterocycles. The predicted molar refractivity (Wildman–Crippen MR) is 63.0 cm³/mol. The molecule has 2 N–H and O–H groups in total. The fourth-order valence-electron chi connectivity index (χ4n) is 1.34. The van der Waals surface area contributed by atoms with E-state index in [-0.39, 0.29) is 0 Å². The average Bonchev–Trinajstić information content (AvgIpc) is 2.20. The predicted octanol–water partition coefficient (Wildman–Crippen LogP) is 2.38. The molecule has 0 fully saturated rings. The molecule has 0 spiro atoms. The number of thiocarbonyl (C=S) groups is 1. The smallest absolute Gasteiger partial charge is 0.0714 e. The van der Waals surface area contributed by atoms with E-state index in [4.69, 9.17) is 18.0 Å². The largest absolute Gasteiger partial charge is 0.397 e. The van der Waals surface area contributed by atoms with Crippen molar-refractivity contribution in [1.29, 1.82) is 0 Å². The number of nitrogens with zero attached hydrogens (tertiary/aromatic N) is 1. The van der Waals surface area contributed by atoms with Crippen LogP contribution in [0, 0.1) is 0 Å². The Morgan fingerprint density at radius 1 is 1.36 bits per heavy atom. The molecule has 1 aromatic heterocycles. The molecule has 1 aliphatic carbocycles. The summed E-state index contributed by atoms with van der Waals surface area (Å²) >= 11 is 5.25. The van der Waals surface area contributed by atoms with Crippen molar-refractivity contribution >= 4 is 28.3 Å². The van der Waals surface area contributed by atoms with Crippen molar-refractivity contribution in [3.8, 4) is 0 Å². The molecule has 2 nitrogen and oxygen atoms in total. The van der Waals surface area contributed by atoms with E-state index >= 15 is 0 Å². The highest BCUT2D eigenvalue weighted by molar-refractivity contribution is 7.81. The molecular weight excluding hydrogens is 192 g/mol. The third kappa shape index (κ3) is 1.72. The van der Waals surface area contributed by atoms with Gasteiger partial charge in [-0.2, -0.15) is 0 Å². The normalized spacial score (nSPS) is 15.4. The number of hydrogen-bond acceptors (Lipinski definition) is 3. The van der Waals surface area contributed by atoms with Crippen molar-refractivity contribution in [3.63, 3.8) is 0 Å². The molecule has 0 aromatic carbocycles. The lowest BCUT2D eigenvalue weighted by molar-refractivity contribution is 1.28. The Bertz CT molecular complexity index is 415. The zero-order valence-corrected chi connectivity index (χ0v) is 8.42. The number of nitrogen functional groups attached to an aromatic ring is 1. The van der Waals surface area contributed by atoms with Crippen LogP contribution in [0.15, 0.2) is 36.6 Å². The van der Waals surface area contributed by atoms with Crippen LogP contribution in [0.5, 0.6) is 0 Å². The Morgan fingerprint density at radius 3 is 2.86 bits per heavy atom. The van der Waals surface area contributed by atoms with Crippen LogP contribution < -0.4 is 5.73 Å². The Labute approximate surface area is 88.2 Å². The van der Waals surface area contributed by atoms with Gasteiger partial charge in [-0.1, -0.05) is 30.4 Å². The Kier molecular flexibility index (Phi) is 2.41. The van der Waals surface area contributed by atoms with Crippen LogP contribution >= 0.6 is 12.2 Å². The topological polar surface area (TPSA) is 38.9 Å². The highest BCUT2D eigenvalue weighted by atomic mass is 32.1. The Morgan fingerprint density at radius 2 is 2.21 bits per heavy atom. The maximum Gasteiger partial charge on any atom is 0.0714 e. The minimum absolute atomic E-state index is 0.673. The number of allylic oxidation sites excluding steroid dienone is 4. The quantitative estimate of drug-likeness (QED) is 0.711. The zero-order valence-electron chi connectivity index (χ0n) is 7.60. The molecule has 1 aliphatic rings. The van der Waals surface area contributed by atoms with Crippen LogP contribution in [0.1, 0.15) is 12.1 Å². The standard InChI is InChI=1S/C11H10N2S/c12-8-5-6-10(13-7-8)9-3-1-2-4-11(9)14/h1-3,5-7H,4,12H2. The minimum atomic E-state index is 0.673. The molecule has 0 radical (unpaired) electrons. The fraction of sp³-hybridized carbons (Fsp3) is 0.0909. The van der Waals surface area contributed by atoms with Crippen LogP contribution in [0.25, 0.3) is 5.57 Å². The van der Waals surface area contributed by atoms with E-state index in [0.717, 1.165) is 22.6 Å². The van der Waals surface area contributed by atoms with Crippen molar-refractivity contribution in [3.05, 3.63) is 42.3 Å². The maximum atomic E-state index is 5.56. The zero-order chi connectivity index (χ0) is 9.97. The summed E-state index contributed by atoms with van der Waals surface area (Å²) in [5.74, 6) is 0. The first-order valence-electron chi connectivity index (χ1n) is 4.39. The number of rotatable bonds is 1. The lowest BCUT2D eigenvalue weighted by Gasteiger charge is -2.09. The van der Waals surface area contributed by atoms with Gasteiger partial charge in [0, 0.05) is 16.9 Å². The lowest BCUT2D eigenvalue weighted by Crippen LogP contribution is -2.02. The molecule has 0 bridgehead atoms. The first kappa shape index (κ1) is 9.09. The van der Waals surface area contributed by atoms with Gasteiger partial charge < -0.3 is 5.73 Å². The number of pyridine rings is 1. The van der Waals surface area contributed by atoms with E-state index in [1.165, 1.54) is 0 Å². The van der Waals surface area contributed by atoms with Crippen molar-refractivity contribution in [1.82, 2.24) is 4.98 Å². The number of hydrogen-bond donors (Lipinski definition) is 1. The molecule has 0 saturated carbocycles. The van der Waals surface area contributed by atoms with Gasteiger partial charge in [-0.3, -0.25) is 4.98 Å². The van der Waals surface area contributed by atoms with Gasteiger partial charge in [0.15, 0.2) is 0 Å². The molecule has 1 aromatic rings. The Hall–Kier alpha value is -1.48. The minimum Gasteiger partial charge on any atom is -0.397 e. The van der Waals surface area contributed by atoms with Crippen molar-refractivity contribution < 1.29 is 0 Å². The van der Waals surface area contributed by atoms with Gasteiger partial charge >= 0.3 is 0 Å². The molecule has 0 aliphatic heterocycles. The highest BCUT2D eigenvalue weighted by Crippen LogP contribution is 2.20. The fourth-order valence-corrected chi connectivity index (χ4v) is 1.60. The van der Waals surface area contributed by atoms with E-state index in [1.807, 2.05) is 30.4 Å². The Balaban J connectivity index is 2.39. The van der Waals surface area contributed by atoms with Crippen molar-refractivity contribution in [2.45, 2.75) is 6.42 Å². The SMILES string of the molecule is Nc1ccc(C2=CC=CCC2=S)nc1. The summed E-state index contributed by atoms with van der Waals surface area (Å²) in [5, 5.41) is 0. The second kappa shape index (κ2) is 3.72. The molecule has 0 amide bonds. The van der Waals surface area contributed by atoms with Gasteiger partial charge in [-0.25, -0.2) is 0 Å². The third-order valence-corrected chi connectivity index (χ3v) is 2.45. The lowest BCUT2D eigenvalue weighted by atomic mass is 10.0. The van der Waals surface area contributed by atoms with Crippen LogP contribution in [0.3, 0.4) is 0 Å².